The normalized spacial score (nSPS) is 13.9. The van der Waals surface area contributed by atoms with Crippen molar-refractivity contribution in [2.45, 2.75) is 66.1 Å². The van der Waals surface area contributed by atoms with Crippen LogP contribution in [0.4, 0.5) is 0 Å². The van der Waals surface area contributed by atoms with E-state index in [0.29, 0.717) is 6.42 Å². The molecule has 0 aliphatic rings. The van der Waals surface area contributed by atoms with Crippen LogP contribution in [0.3, 0.4) is 0 Å². The number of hydrogen-bond donors (Lipinski definition) is 1. The van der Waals surface area contributed by atoms with E-state index in [1.165, 1.54) is 0 Å². The lowest BCUT2D eigenvalue weighted by molar-refractivity contribution is -0.190. The molecule has 0 spiro atoms. The highest BCUT2D eigenvalue weighted by atomic mass is 16.6. The van der Waals surface area contributed by atoms with Crippen LogP contribution < -0.4 is 0 Å². The van der Waals surface area contributed by atoms with E-state index in [2.05, 4.69) is 0 Å². The fourth-order valence-electron chi connectivity index (χ4n) is 0.639. The first-order valence-corrected chi connectivity index (χ1v) is 5.40. The van der Waals surface area contributed by atoms with Crippen molar-refractivity contribution in [2.75, 3.05) is 0 Å². The summed E-state index contributed by atoms with van der Waals surface area (Å²) < 4.78 is 5.37. The molecule has 0 heterocycles. The van der Waals surface area contributed by atoms with Crippen LogP contribution >= 0.6 is 0 Å². The van der Waals surface area contributed by atoms with Crippen LogP contribution in [-0.4, -0.2) is 22.3 Å². The Kier molecular flexibility index (Phi) is 3.97. The van der Waals surface area contributed by atoms with Crippen LogP contribution in [0.2, 0.25) is 0 Å². The third kappa shape index (κ3) is 3.49. The molecule has 0 bridgehead atoms. The summed E-state index contributed by atoms with van der Waals surface area (Å²) in [5.41, 5.74) is -2.43. The second kappa shape index (κ2) is 4.12. The highest BCUT2D eigenvalue weighted by molar-refractivity contribution is 5.76. The van der Waals surface area contributed by atoms with Gasteiger partial charge in [0.15, 0.2) is 0 Å². The second-order valence-electron chi connectivity index (χ2n) is 5.70. The van der Waals surface area contributed by atoms with E-state index in [0.717, 1.165) is 0 Å². The Morgan fingerprint density at radius 3 is 1.80 bits per heavy atom. The number of ether oxygens (including phenoxy) is 1. The van der Waals surface area contributed by atoms with E-state index in [1.807, 2.05) is 20.8 Å². The Morgan fingerprint density at radius 1 is 1.13 bits per heavy atom. The summed E-state index contributed by atoms with van der Waals surface area (Å²) in [5.74, 6) is -0.267. The lowest BCUT2D eigenvalue weighted by Gasteiger charge is -2.38. The number of carbonyl (C=O) groups excluding carboxylic acids is 1. The Bertz CT molecular complexity index is 234. The molecule has 0 rings (SSSR count). The molecule has 90 valence electrons. The summed E-state index contributed by atoms with van der Waals surface area (Å²) in [6, 6.07) is 0. The molecule has 0 unspecified atom stereocenters. The maximum atomic E-state index is 11.8. The van der Waals surface area contributed by atoms with Crippen molar-refractivity contribution in [1.29, 1.82) is 0 Å². The molecule has 0 aromatic rings. The highest BCUT2D eigenvalue weighted by Crippen LogP contribution is 2.30. The summed E-state index contributed by atoms with van der Waals surface area (Å²) in [6.45, 7) is 12.3. The largest absolute Gasteiger partial charge is 0.456 e. The van der Waals surface area contributed by atoms with Gasteiger partial charge in [-0.1, -0.05) is 6.92 Å². The van der Waals surface area contributed by atoms with Gasteiger partial charge in [-0.2, -0.15) is 0 Å². The number of esters is 1. The number of carbonyl (C=O) groups is 1. The summed E-state index contributed by atoms with van der Waals surface area (Å²) in [4.78, 5) is 11.8. The monoisotopic (exact) mass is 216 g/mol. The van der Waals surface area contributed by atoms with E-state index in [4.69, 9.17) is 4.74 Å². The zero-order valence-electron chi connectivity index (χ0n) is 11.0. The van der Waals surface area contributed by atoms with Crippen LogP contribution in [0.15, 0.2) is 0 Å². The average molecular weight is 216 g/mol. The van der Waals surface area contributed by atoms with Gasteiger partial charge in [0.05, 0.1) is 11.0 Å². The first-order valence-electron chi connectivity index (χ1n) is 5.40. The van der Waals surface area contributed by atoms with E-state index in [-0.39, 0.29) is 5.97 Å². The molecule has 15 heavy (non-hydrogen) atoms. The zero-order valence-corrected chi connectivity index (χ0v) is 11.0. The summed E-state index contributed by atoms with van der Waals surface area (Å²) in [7, 11) is 0. The zero-order chi connectivity index (χ0) is 12.5. The van der Waals surface area contributed by atoms with Crippen LogP contribution in [0.5, 0.6) is 0 Å². The van der Waals surface area contributed by atoms with Gasteiger partial charge in [-0.05, 0) is 48.0 Å². The van der Waals surface area contributed by atoms with Gasteiger partial charge in [-0.25, -0.2) is 0 Å². The highest BCUT2D eigenvalue weighted by Gasteiger charge is 2.41. The third-order valence-corrected chi connectivity index (χ3v) is 3.26. The fourth-order valence-corrected chi connectivity index (χ4v) is 0.639. The molecule has 0 aliphatic heterocycles. The van der Waals surface area contributed by atoms with Gasteiger partial charge >= 0.3 is 5.97 Å². The lowest BCUT2D eigenvalue weighted by Crippen LogP contribution is -2.50. The van der Waals surface area contributed by atoms with E-state index >= 15 is 0 Å². The van der Waals surface area contributed by atoms with Crippen molar-refractivity contribution < 1.29 is 14.6 Å². The second-order valence-corrected chi connectivity index (χ2v) is 5.70. The quantitative estimate of drug-likeness (QED) is 0.734. The van der Waals surface area contributed by atoms with E-state index in [9.17, 15) is 9.90 Å². The molecule has 0 saturated carbocycles. The first-order chi connectivity index (χ1) is 6.44. The molecule has 0 aromatic carbocycles. The van der Waals surface area contributed by atoms with Gasteiger partial charge in [-0.15, -0.1) is 0 Å². The molecule has 0 aliphatic carbocycles. The maximum absolute atomic E-state index is 11.8. The topological polar surface area (TPSA) is 46.5 Å². The van der Waals surface area contributed by atoms with Crippen molar-refractivity contribution in [3.05, 3.63) is 0 Å². The average Bonchev–Trinajstić information content (AvgIpc) is 2.01. The number of hydrogen-bond acceptors (Lipinski definition) is 3. The minimum absolute atomic E-state index is 0.267. The molecule has 3 heteroatoms. The molecule has 1 N–H and O–H groups in total. The Balaban J connectivity index is 4.70. The minimum Gasteiger partial charge on any atom is -0.456 e. The van der Waals surface area contributed by atoms with Gasteiger partial charge in [0, 0.05) is 0 Å². The molecule has 0 saturated heterocycles. The van der Waals surface area contributed by atoms with Gasteiger partial charge in [0.2, 0.25) is 0 Å². The van der Waals surface area contributed by atoms with Crippen molar-refractivity contribution in [1.82, 2.24) is 0 Å². The fraction of sp³-hybridized carbons (Fsp3) is 0.917. The van der Waals surface area contributed by atoms with Crippen LogP contribution in [0.1, 0.15) is 54.9 Å². The van der Waals surface area contributed by atoms with Gasteiger partial charge in [-0.3, -0.25) is 4.79 Å². The molecule has 0 fully saturated rings. The van der Waals surface area contributed by atoms with E-state index < -0.39 is 16.6 Å². The molecule has 0 amide bonds. The summed E-state index contributed by atoms with van der Waals surface area (Å²) in [6.07, 6.45) is 0.716. The molecule has 3 nitrogen and oxygen atoms in total. The van der Waals surface area contributed by atoms with Crippen molar-refractivity contribution >= 4 is 5.97 Å². The molecular formula is C12H24O3. The molecule has 0 aromatic heterocycles. The van der Waals surface area contributed by atoms with E-state index in [1.54, 1.807) is 27.7 Å². The number of aliphatic hydroxyl groups is 1. The van der Waals surface area contributed by atoms with Crippen molar-refractivity contribution in [3.63, 3.8) is 0 Å². The molecule has 0 atom stereocenters. The maximum Gasteiger partial charge on any atom is 0.312 e. The van der Waals surface area contributed by atoms with Crippen LogP contribution in [0, 0.1) is 5.41 Å². The van der Waals surface area contributed by atoms with Crippen LogP contribution in [-0.2, 0) is 9.53 Å². The minimum atomic E-state index is -1.05. The SMILES string of the molecule is CCC(C)(C)C(=O)OC(C)(C)C(C)(C)O. The van der Waals surface area contributed by atoms with Crippen molar-refractivity contribution in [2.24, 2.45) is 5.41 Å². The molecular weight excluding hydrogens is 192 g/mol. The third-order valence-electron chi connectivity index (χ3n) is 3.26. The van der Waals surface area contributed by atoms with Gasteiger partial charge in [0.25, 0.3) is 0 Å². The van der Waals surface area contributed by atoms with Gasteiger partial charge < -0.3 is 9.84 Å². The smallest absolute Gasteiger partial charge is 0.312 e. The Labute approximate surface area is 92.8 Å². The summed E-state index contributed by atoms with van der Waals surface area (Å²) >= 11 is 0. The van der Waals surface area contributed by atoms with Crippen molar-refractivity contribution in [3.8, 4) is 0 Å². The Hall–Kier alpha value is -0.570. The predicted octanol–water partition coefficient (Wildman–Crippen LogP) is 2.52. The van der Waals surface area contributed by atoms with Crippen LogP contribution in [0.25, 0.3) is 0 Å². The number of rotatable bonds is 4. The lowest BCUT2D eigenvalue weighted by atomic mass is 9.87. The predicted molar refractivity (Wildman–Crippen MR) is 60.5 cm³/mol. The Morgan fingerprint density at radius 2 is 1.53 bits per heavy atom. The standard InChI is InChI=1S/C12H24O3/c1-8-10(2,3)9(13)15-12(6,7)11(4,5)14/h14H,8H2,1-7H3. The molecule has 0 radical (unpaired) electrons. The summed E-state index contributed by atoms with van der Waals surface area (Å²) in [5, 5.41) is 9.86. The first kappa shape index (κ1) is 14.4. The van der Waals surface area contributed by atoms with Gasteiger partial charge in [0.1, 0.15) is 5.60 Å².